The average molecular weight is 344 g/mol. The number of benzene rings is 1. The van der Waals surface area contributed by atoms with Gasteiger partial charge in [-0.3, -0.25) is 19.3 Å². The van der Waals surface area contributed by atoms with Crippen LogP contribution in [-0.4, -0.2) is 46.5 Å². The molecule has 2 rings (SSSR count). The van der Waals surface area contributed by atoms with Gasteiger partial charge in [0, 0.05) is 12.1 Å². The molecule has 6 nitrogen and oxygen atoms in total. The average Bonchev–Trinajstić information content (AvgIpc) is 2.78. The molecular weight excluding hydrogens is 320 g/mol. The van der Waals surface area contributed by atoms with E-state index < -0.39 is 24.4 Å². The zero-order valence-electron chi connectivity index (χ0n) is 15.4. The molecule has 0 radical (unpaired) electrons. The van der Waals surface area contributed by atoms with Crippen LogP contribution in [0.1, 0.15) is 52.4 Å². The molecular formula is C19H24N2O4. The first-order valence-corrected chi connectivity index (χ1v) is 8.48. The molecule has 1 heterocycles. The van der Waals surface area contributed by atoms with E-state index in [-0.39, 0.29) is 12.3 Å². The first-order valence-electron chi connectivity index (χ1n) is 8.48. The molecule has 1 aromatic rings. The van der Waals surface area contributed by atoms with Crippen LogP contribution in [0.3, 0.4) is 0 Å². The maximum atomic E-state index is 12.7. The number of imide groups is 2. The van der Waals surface area contributed by atoms with E-state index in [9.17, 15) is 19.2 Å². The van der Waals surface area contributed by atoms with Crippen molar-refractivity contribution in [2.75, 3.05) is 13.1 Å². The lowest BCUT2D eigenvalue weighted by molar-refractivity contribution is -0.143. The summed E-state index contributed by atoms with van der Waals surface area (Å²) in [6, 6.07) is 1.08. The summed E-state index contributed by atoms with van der Waals surface area (Å²) in [4.78, 5) is 50.8. The maximum Gasteiger partial charge on any atom is 0.334 e. The highest BCUT2D eigenvalue weighted by Crippen LogP contribution is 2.22. The van der Waals surface area contributed by atoms with Gasteiger partial charge in [0.2, 0.25) is 0 Å². The van der Waals surface area contributed by atoms with Crippen molar-refractivity contribution in [2.24, 2.45) is 0 Å². The van der Waals surface area contributed by atoms with Crippen molar-refractivity contribution in [3.8, 4) is 0 Å². The summed E-state index contributed by atoms with van der Waals surface area (Å²) in [7, 11) is 0. The van der Waals surface area contributed by atoms with Gasteiger partial charge in [-0.05, 0) is 62.4 Å². The topological polar surface area (TPSA) is 74.8 Å². The summed E-state index contributed by atoms with van der Waals surface area (Å²) >= 11 is 0. The molecule has 1 fully saturated rings. The lowest BCUT2D eigenvalue weighted by Gasteiger charge is -2.17. The van der Waals surface area contributed by atoms with Crippen LogP contribution in [-0.2, 0) is 9.59 Å². The maximum absolute atomic E-state index is 12.7. The number of carbonyl (C=O) groups is 4. The normalized spacial score (nSPS) is 14.7. The van der Waals surface area contributed by atoms with Crippen LogP contribution in [0.25, 0.3) is 0 Å². The van der Waals surface area contributed by atoms with Gasteiger partial charge in [-0.25, -0.2) is 9.69 Å². The highest BCUT2D eigenvalue weighted by atomic mass is 16.2. The van der Waals surface area contributed by atoms with Crippen molar-refractivity contribution >= 4 is 23.6 Å². The Hall–Kier alpha value is -2.50. The van der Waals surface area contributed by atoms with Crippen LogP contribution >= 0.6 is 0 Å². The predicted octanol–water partition coefficient (Wildman–Crippen LogP) is 2.69. The SMILES string of the molecule is CCCCN1C(=O)C(=O)N(CC(=O)c2cc(C)c(C)c(C)c2C)C1=O. The van der Waals surface area contributed by atoms with Crippen LogP contribution in [0, 0.1) is 27.7 Å². The van der Waals surface area contributed by atoms with Gasteiger partial charge >= 0.3 is 17.8 Å². The van der Waals surface area contributed by atoms with Crippen molar-refractivity contribution in [1.82, 2.24) is 9.80 Å². The quantitative estimate of drug-likeness (QED) is 0.452. The lowest BCUT2D eigenvalue weighted by Crippen LogP contribution is -2.37. The van der Waals surface area contributed by atoms with E-state index in [4.69, 9.17) is 0 Å². The van der Waals surface area contributed by atoms with Crippen LogP contribution < -0.4 is 0 Å². The fourth-order valence-corrected chi connectivity index (χ4v) is 2.93. The number of urea groups is 1. The molecule has 4 amide bonds. The summed E-state index contributed by atoms with van der Waals surface area (Å²) in [5.41, 5.74) is 4.43. The lowest BCUT2D eigenvalue weighted by atomic mass is 9.92. The second-order valence-electron chi connectivity index (χ2n) is 6.52. The fraction of sp³-hybridized carbons (Fsp3) is 0.474. The Labute approximate surface area is 147 Å². The minimum atomic E-state index is -0.923. The number of aryl methyl sites for hydroxylation is 1. The van der Waals surface area contributed by atoms with Gasteiger partial charge < -0.3 is 0 Å². The molecule has 0 aliphatic carbocycles. The van der Waals surface area contributed by atoms with Crippen molar-refractivity contribution in [3.05, 3.63) is 33.9 Å². The molecule has 6 heteroatoms. The third-order valence-electron chi connectivity index (χ3n) is 4.95. The largest absolute Gasteiger partial charge is 0.334 e. The number of nitrogens with zero attached hydrogens (tertiary/aromatic N) is 2. The number of ketones is 1. The summed E-state index contributed by atoms with van der Waals surface area (Å²) < 4.78 is 0. The van der Waals surface area contributed by atoms with Gasteiger partial charge in [0.25, 0.3) is 0 Å². The smallest absolute Gasteiger partial charge is 0.292 e. The monoisotopic (exact) mass is 344 g/mol. The van der Waals surface area contributed by atoms with E-state index in [0.29, 0.717) is 12.0 Å². The Balaban J connectivity index is 2.25. The molecule has 134 valence electrons. The predicted molar refractivity (Wildman–Crippen MR) is 93.5 cm³/mol. The van der Waals surface area contributed by atoms with Crippen LogP contribution in [0.2, 0.25) is 0 Å². The first-order chi connectivity index (χ1) is 11.7. The molecule has 1 aliphatic rings. The molecule has 0 unspecified atom stereocenters. The standard InChI is InChI=1S/C19H24N2O4/c1-6-7-8-20-17(23)18(24)21(19(20)25)10-16(22)15-9-11(2)12(3)13(4)14(15)5/h9H,6-8,10H2,1-5H3. The minimum Gasteiger partial charge on any atom is -0.292 e. The molecule has 25 heavy (non-hydrogen) atoms. The van der Waals surface area contributed by atoms with Crippen molar-refractivity contribution in [2.45, 2.75) is 47.5 Å². The number of Topliss-reactive ketones (excluding diaryl/α,β-unsaturated/α-hetero) is 1. The summed E-state index contributed by atoms with van der Waals surface area (Å²) in [6.07, 6.45) is 1.42. The molecule has 0 bridgehead atoms. The zero-order valence-corrected chi connectivity index (χ0v) is 15.4. The Morgan fingerprint density at radius 3 is 2.12 bits per heavy atom. The van der Waals surface area contributed by atoms with Gasteiger partial charge in [0.1, 0.15) is 0 Å². The molecule has 0 aromatic heterocycles. The van der Waals surface area contributed by atoms with E-state index in [1.165, 1.54) is 0 Å². The highest BCUT2D eigenvalue weighted by Gasteiger charge is 2.44. The second-order valence-corrected chi connectivity index (χ2v) is 6.52. The van der Waals surface area contributed by atoms with Crippen LogP contribution in [0.4, 0.5) is 4.79 Å². The van der Waals surface area contributed by atoms with E-state index in [0.717, 1.165) is 38.5 Å². The zero-order chi connectivity index (χ0) is 18.9. The summed E-state index contributed by atoms with van der Waals surface area (Å²) in [5, 5.41) is 0. The van der Waals surface area contributed by atoms with E-state index in [1.54, 1.807) is 6.07 Å². The number of carbonyl (C=O) groups excluding carboxylic acids is 4. The van der Waals surface area contributed by atoms with E-state index in [1.807, 2.05) is 34.6 Å². The number of amides is 4. The number of hydrogen-bond acceptors (Lipinski definition) is 4. The van der Waals surface area contributed by atoms with Gasteiger partial charge in [-0.1, -0.05) is 13.3 Å². The first kappa shape index (κ1) is 18.8. The van der Waals surface area contributed by atoms with E-state index in [2.05, 4.69) is 0 Å². The van der Waals surface area contributed by atoms with Crippen molar-refractivity contribution < 1.29 is 19.2 Å². The Bertz CT molecular complexity index is 767. The molecule has 0 N–H and O–H groups in total. The van der Waals surface area contributed by atoms with Crippen LogP contribution in [0.15, 0.2) is 6.07 Å². The molecule has 1 aromatic carbocycles. The third kappa shape index (κ3) is 3.34. The number of hydrogen-bond donors (Lipinski definition) is 0. The molecule has 0 atom stereocenters. The summed E-state index contributed by atoms with van der Waals surface area (Å²) in [6.45, 7) is 9.42. The van der Waals surface area contributed by atoms with Gasteiger partial charge in [0.15, 0.2) is 5.78 Å². The van der Waals surface area contributed by atoms with Gasteiger partial charge in [-0.2, -0.15) is 0 Å². The molecule has 1 saturated heterocycles. The van der Waals surface area contributed by atoms with Crippen molar-refractivity contribution in [1.29, 1.82) is 0 Å². The Morgan fingerprint density at radius 2 is 1.52 bits per heavy atom. The van der Waals surface area contributed by atoms with Gasteiger partial charge in [0.05, 0.1) is 6.54 Å². The van der Waals surface area contributed by atoms with Gasteiger partial charge in [-0.15, -0.1) is 0 Å². The van der Waals surface area contributed by atoms with Crippen LogP contribution in [0.5, 0.6) is 0 Å². The molecule has 0 saturated carbocycles. The highest BCUT2D eigenvalue weighted by molar-refractivity contribution is 6.45. The van der Waals surface area contributed by atoms with E-state index >= 15 is 0 Å². The number of unbranched alkanes of at least 4 members (excludes halogenated alkanes) is 1. The Kier molecular flexibility index (Phi) is 5.40. The summed E-state index contributed by atoms with van der Waals surface area (Å²) in [5.74, 6) is -2.11. The Morgan fingerprint density at radius 1 is 0.920 bits per heavy atom. The number of rotatable bonds is 6. The van der Waals surface area contributed by atoms with Crippen molar-refractivity contribution in [3.63, 3.8) is 0 Å². The molecule has 0 spiro atoms. The minimum absolute atomic E-state index is 0.201. The fourth-order valence-electron chi connectivity index (χ4n) is 2.93. The molecule has 1 aliphatic heterocycles. The third-order valence-corrected chi connectivity index (χ3v) is 4.95. The second kappa shape index (κ2) is 7.17.